The second kappa shape index (κ2) is 9.44. The van der Waals surface area contributed by atoms with Gasteiger partial charge in [0, 0.05) is 25.1 Å². The van der Waals surface area contributed by atoms with Gasteiger partial charge in [0.2, 0.25) is 0 Å². The average molecular weight is 302 g/mol. The van der Waals surface area contributed by atoms with Crippen LogP contribution in [0.2, 0.25) is 0 Å². The van der Waals surface area contributed by atoms with Crippen molar-refractivity contribution in [1.82, 2.24) is 9.97 Å². The van der Waals surface area contributed by atoms with Crippen LogP contribution in [0.1, 0.15) is 31.7 Å². The molecule has 0 spiro atoms. The molecule has 0 aliphatic rings. The maximum atomic E-state index is 12.0. The van der Waals surface area contributed by atoms with E-state index in [0.29, 0.717) is 6.54 Å². The zero-order valence-electron chi connectivity index (χ0n) is 12.9. The lowest BCUT2D eigenvalue weighted by Gasteiger charge is -2.14. The normalized spacial score (nSPS) is 11.0. The zero-order valence-corrected chi connectivity index (χ0v) is 12.9. The highest BCUT2D eigenvalue weighted by atomic mass is 19.3. The van der Waals surface area contributed by atoms with Crippen LogP contribution >= 0.6 is 0 Å². The number of halogens is 2. The molecule has 0 aliphatic carbocycles. The quantitative estimate of drug-likeness (QED) is 0.651. The number of hydrogen-bond donors (Lipinski definition) is 2. The van der Waals surface area contributed by atoms with Crippen molar-refractivity contribution in [2.75, 3.05) is 36.9 Å². The second-order valence-electron chi connectivity index (χ2n) is 4.64. The molecule has 0 unspecified atom stereocenters. The van der Waals surface area contributed by atoms with Crippen LogP contribution in [0, 0.1) is 6.92 Å². The molecule has 0 fully saturated rings. The summed E-state index contributed by atoms with van der Waals surface area (Å²) >= 11 is 0. The van der Waals surface area contributed by atoms with Gasteiger partial charge in [-0.2, -0.15) is 0 Å². The third-order valence-corrected chi connectivity index (χ3v) is 2.79. The summed E-state index contributed by atoms with van der Waals surface area (Å²) in [6.07, 6.45) is -0.664. The first-order valence-electron chi connectivity index (χ1n) is 7.29. The van der Waals surface area contributed by atoms with Crippen molar-refractivity contribution in [3.05, 3.63) is 11.4 Å². The van der Waals surface area contributed by atoms with Gasteiger partial charge in [-0.15, -0.1) is 0 Å². The smallest absolute Gasteiger partial charge is 0.261 e. The number of nitrogens with zero attached hydrogens (tertiary/aromatic N) is 2. The molecule has 0 atom stereocenters. The number of nitrogens with one attached hydrogen (secondary N) is 2. The Balaban J connectivity index is 2.65. The number of anilines is 2. The van der Waals surface area contributed by atoms with Crippen LogP contribution < -0.4 is 10.6 Å². The van der Waals surface area contributed by atoms with Gasteiger partial charge in [-0.3, -0.25) is 0 Å². The first-order chi connectivity index (χ1) is 10.1. The minimum Gasteiger partial charge on any atom is -0.374 e. The first-order valence-corrected chi connectivity index (χ1v) is 7.29. The fourth-order valence-corrected chi connectivity index (χ4v) is 1.82. The molecule has 1 rings (SSSR count). The van der Waals surface area contributed by atoms with Crippen molar-refractivity contribution >= 4 is 11.6 Å². The van der Waals surface area contributed by atoms with E-state index in [1.54, 1.807) is 0 Å². The third kappa shape index (κ3) is 6.20. The lowest BCUT2D eigenvalue weighted by atomic mass is 10.2. The molecule has 0 radical (unpaired) electrons. The molecule has 120 valence electrons. The Labute approximate surface area is 124 Å². The maximum Gasteiger partial charge on any atom is 0.261 e. The molecule has 0 saturated carbocycles. The molecule has 0 aliphatic heterocycles. The zero-order chi connectivity index (χ0) is 15.7. The molecular weight excluding hydrogens is 278 g/mol. The predicted octanol–water partition coefficient (Wildman–Crippen LogP) is 2.86. The Kier molecular flexibility index (Phi) is 7.89. The van der Waals surface area contributed by atoms with Gasteiger partial charge in [0.15, 0.2) is 0 Å². The van der Waals surface area contributed by atoms with Crippen molar-refractivity contribution in [1.29, 1.82) is 0 Å². The van der Waals surface area contributed by atoms with Crippen LogP contribution in [0.15, 0.2) is 0 Å². The summed E-state index contributed by atoms with van der Waals surface area (Å²) in [5.41, 5.74) is 0.922. The predicted molar refractivity (Wildman–Crippen MR) is 80.2 cm³/mol. The van der Waals surface area contributed by atoms with Crippen molar-refractivity contribution in [3.8, 4) is 0 Å². The Morgan fingerprint density at radius 3 is 2.38 bits per heavy atom. The molecule has 0 amide bonds. The van der Waals surface area contributed by atoms with Gasteiger partial charge in [-0.25, -0.2) is 18.7 Å². The van der Waals surface area contributed by atoms with Crippen molar-refractivity contribution in [3.63, 3.8) is 0 Å². The van der Waals surface area contributed by atoms with E-state index in [4.69, 9.17) is 4.74 Å². The van der Waals surface area contributed by atoms with E-state index in [0.717, 1.165) is 42.4 Å². The van der Waals surface area contributed by atoms with Crippen LogP contribution in [-0.2, 0) is 11.2 Å². The Bertz CT molecular complexity index is 430. The molecule has 0 saturated heterocycles. The SMILES string of the molecule is CCCc1nc(NCC)c(C)c(NCCOCC(F)F)n1. The minimum absolute atomic E-state index is 0.216. The van der Waals surface area contributed by atoms with Crippen LogP contribution in [-0.4, -0.2) is 42.7 Å². The van der Waals surface area contributed by atoms with E-state index in [-0.39, 0.29) is 6.61 Å². The van der Waals surface area contributed by atoms with E-state index in [9.17, 15) is 8.78 Å². The largest absolute Gasteiger partial charge is 0.374 e. The molecule has 1 aromatic rings. The molecule has 1 aromatic heterocycles. The lowest BCUT2D eigenvalue weighted by Crippen LogP contribution is -2.16. The molecule has 0 aromatic carbocycles. The number of alkyl halides is 2. The Morgan fingerprint density at radius 1 is 1.14 bits per heavy atom. The number of ether oxygens (including phenoxy) is 1. The first kappa shape index (κ1) is 17.6. The molecular formula is C14H24F2N4O. The van der Waals surface area contributed by atoms with Crippen LogP contribution in [0.3, 0.4) is 0 Å². The van der Waals surface area contributed by atoms with Crippen LogP contribution in [0.25, 0.3) is 0 Å². The van der Waals surface area contributed by atoms with E-state index in [1.165, 1.54) is 0 Å². The van der Waals surface area contributed by atoms with E-state index >= 15 is 0 Å². The third-order valence-electron chi connectivity index (χ3n) is 2.79. The number of aryl methyl sites for hydroxylation is 1. The van der Waals surface area contributed by atoms with E-state index < -0.39 is 13.0 Å². The fourth-order valence-electron chi connectivity index (χ4n) is 1.82. The van der Waals surface area contributed by atoms with E-state index in [2.05, 4.69) is 27.5 Å². The summed E-state index contributed by atoms with van der Waals surface area (Å²) in [4.78, 5) is 8.96. The van der Waals surface area contributed by atoms with Crippen LogP contribution in [0.4, 0.5) is 20.4 Å². The summed E-state index contributed by atoms with van der Waals surface area (Å²) in [5, 5.41) is 6.33. The highest BCUT2D eigenvalue weighted by Crippen LogP contribution is 2.20. The number of hydrogen-bond acceptors (Lipinski definition) is 5. The second-order valence-corrected chi connectivity index (χ2v) is 4.64. The monoisotopic (exact) mass is 302 g/mol. The molecule has 21 heavy (non-hydrogen) atoms. The van der Waals surface area contributed by atoms with Gasteiger partial charge in [-0.1, -0.05) is 6.92 Å². The standard InChI is InChI=1S/C14H24F2N4O/c1-4-6-12-19-13(17-5-2)10(3)14(20-12)18-7-8-21-9-11(15)16/h11H,4-9H2,1-3H3,(H2,17,18,19,20). The summed E-state index contributed by atoms with van der Waals surface area (Å²) < 4.78 is 28.7. The van der Waals surface area contributed by atoms with Gasteiger partial charge in [-0.05, 0) is 20.3 Å². The highest BCUT2D eigenvalue weighted by molar-refractivity contribution is 5.57. The van der Waals surface area contributed by atoms with Crippen molar-refractivity contribution in [2.45, 2.75) is 40.0 Å². The van der Waals surface area contributed by atoms with Crippen molar-refractivity contribution in [2.24, 2.45) is 0 Å². The summed E-state index contributed by atoms with van der Waals surface area (Å²) in [7, 11) is 0. The van der Waals surface area contributed by atoms with Gasteiger partial charge < -0.3 is 15.4 Å². The molecule has 0 bridgehead atoms. The van der Waals surface area contributed by atoms with Gasteiger partial charge in [0.25, 0.3) is 6.43 Å². The Hall–Kier alpha value is -1.50. The number of rotatable bonds is 10. The summed E-state index contributed by atoms with van der Waals surface area (Å²) in [6, 6.07) is 0. The summed E-state index contributed by atoms with van der Waals surface area (Å²) in [5.74, 6) is 2.31. The average Bonchev–Trinajstić information content (AvgIpc) is 2.43. The van der Waals surface area contributed by atoms with Gasteiger partial charge in [0.1, 0.15) is 24.1 Å². The van der Waals surface area contributed by atoms with Gasteiger partial charge in [0.05, 0.1) is 6.61 Å². The molecule has 1 heterocycles. The van der Waals surface area contributed by atoms with Crippen molar-refractivity contribution < 1.29 is 13.5 Å². The lowest BCUT2D eigenvalue weighted by molar-refractivity contribution is 0.0214. The topological polar surface area (TPSA) is 59.1 Å². The minimum atomic E-state index is -2.43. The van der Waals surface area contributed by atoms with Crippen LogP contribution in [0.5, 0.6) is 0 Å². The number of aromatic nitrogens is 2. The highest BCUT2D eigenvalue weighted by Gasteiger charge is 2.10. The van der Waals surface area contributed by atoms with Gasteiger partial charge >= 0.3 is 0 Å². The molecule has 7 heteroatoms. The molecule has 2 N–H and O–H groups in total. The summed E-state index contributed by atoms with van der Waals surface area (Å²) in [6.45, 7) is 6.90. The van der Waals surface area contributed by atoms with E-state index in [1.807, 2.05) is 13.8 Å². The Morgan fingerprint density at radius 2 is 1.81 bits per heavy atom. The fraction of sp³-hybridized carbons (Fsp3) is 0.714. The molecule has 5 nitrogen and oxygen atoms in total. The maximum absolute atomic E-state index is 12.0.